The Hall–Kier alpha value is -6.77. The highest BCUT2D eigenvalue weighted by atomic mass is 15.1. The third kappa shape index (κ3) is 6.58. The summed E-state index contributed by atoms with van der Waals surface area (Å²) in [6, 6.07) is 56.0. The number of allylic oxidation sites excluding steroid dienone is 8. The first-order valence-electron chi connectivity index (χ1n) is 20.4. The molecular weight excluding hydrogens is 689 g/mol. The maximum Gasteiger partial charge on any atom is 0.145 e. The van der Waals surface area contributed by atoms with E-state index in [0.29, 0.717) is 0 Å². The number of hydrogen-bond donors (Lipinski definition) is 0. The first-order valence-corrected chi connectivity index (χ1v) is 20.4. The second-order valence-electron chi connectivity index (χ2n) is 15.3. The van der Waals surface area contributed by atoms with Gasteiger partial charge in [-0.2, -0.15) is 0 Å². The summed E-state index contributed by atoms with van der Waals surface area (Å²) in [4.78, 5) is 5.16. The maximum atomic E-state index is 5.16. The zero-order chi connectivity index (χ0) is 38.1. The predicted octanol–water partition coefficient (Wildman–Crippen LogP) is 13.0. The average molecular weight is 733 g/mol. The number of rotatable bonds is 8. The van der Waals surface area contributed by atoms with E-state index in [1.807, 2.05) is 0 Å². The molecule has 0 atom stereocenters. The highest BCUT2D eigenvalue weighted by molar-refractivity contribution is 5.94. The Labute approximate surface area is 334 Å². The molecule has 2 nitrogen and oxygen atoms in total. The van der Waals surface area contributed by atoms with Crippen LogP contribution in [0.25, 0.3) is 71.9 Å². The Bertz CT molecular complexity index is 3090. The number of unbranched alkanes of at least 4 members (excludes halogenated alkanes) is 1. The minimum atomic E-state index is 0.852. The van der Waals surface area contributed by atoms with Crippen LogP contribution in [-0.2, 0) is 0 Å². The monoisotopic (exact) mass is 732 g/mol. The summed E-state index contributed by atoms with van der Waals surface area (Å²) in [5.41, 5.74) is 13.5. The van der Waals surface area contributed by atoms with Crippen LogP contribution in [0.15, 0.2) is 194 Å². The Balaban J connectivity index is 1.17. The topological polar surface area (TPSA) is 17.8 Å². The van der Waals surface area contributed by atoms with E-state index in [9.17, 15) is 0 Å². The second-order valence-corrected chi connectivity index (χ2v) is 15.3. The molecule has 1 aromatic heterocycles. The minimum absolute atomic E-state index is 0.852. The molecule has 274 valence electrons. The van der Waals surface area contributed by atoms with Crippen molar-refractivity contribution in [1.29, 1.82) is 0 Å². The zero-order valence-corrected chi connectivity index (χ0v) is 32.3. The van der Waals surface area contributed by atoms with Crippen LogP contribution in [0.4, 0.5) is 0 Å². The number of para-hydroxylation sites is 2. The van der Waals surface area contributed by atoms with Gasteiger partial charge in [0.05, 0.1) is 11.0 Å². The van der Waals surface area contributed by atoms with Crippen molar-refractivity contribution in [3.63, 3.8) is 0 Å². The van der Waals surface area contributed by atoms with Crippen molar-refractivity contribution in [2.45, 2.75) is 39.0 Å². The van der Waals surface area contributed by atoms with Gasteiger partial charge >= 0.3 is 0 Å². The molecule has 0 amide bonds. The Morgan fingerprint density at radius 3 is 2.04 bits per heavy atom. The largest absolute Gasteiger partial charge is 0.296 e. The molecular formula is C55H44N2. The molecule has 0 radical (unpaired) electrons. The maximum absolute atomic E-state index is 5.16. The lowest BCUT2D eigenvalue weighted by atomic mass is 9.81. The van der Waals surface area contributed by atoms with Crippen LogP contribution in [0.1, 0.15) is 50.2 Å². The van der Waals surface area contributed by atoms with Crippen molar-refractivity contribution in [2.75, 3.05) is 0 Å². The van der Waals surface area contributed by atoms with Gasteiger partial charge in [-0.25, -0.2) is 4.98 Å². The number of nitrogens with zero attached hydrogens (tertiary/aromatic N) is 2. The van der Waals surface area contributed by atoms with E-state index in [2.05, 4.69) is 200 Å². The number of aromatic nitrogens is 2. The molecule has 0 saturated carbocycles. The minimum Gasteiger partial charge on any atom is -0.296 e. The van der Waals surface area contributed by atoms with Crippen molar-refractivity contribution in [2.24, 2.45) is 0 Å². The van der Waals surface area contributed by atoms with E-state index in [1.54, 1.807) is 0 Å². The third-order valence-electron chi connectivity index (χ3n) is 11.6. The van der Waals surface area contributed by atoms with Gasteiger partial charge in [0, 0.05) is 11.3 Å². The summed E-state index contributed by atoms with van der Waals surface area (Å²) in [7, 11) is 0. The summed E-state index contributed by atoms with van der Waals surface area (Å²) in [6.07, 6.45) is 18.7. The van der Waals surface area contributed by atoms with Gasteiger partial charge in [-0.1, -0.05) is 165 Å². The summed E-state index contributed by atoms with van der Waals surface area (Å²) in [5, 5.41) is 7.62. The average Bonchev–Trinajstić information content (AvgIpc) is 3.67. The molecule has 0 saturated heterocycles. The number of benzene rings is 7. The molecule has 57 heavy (non-hydrogen) atoms. The fourth-order valence-electron chi connectivity index (χ4n) is 8.75. The molecule has 0 N–H and O–H groups in total. The fraction of sp³-hybridized carbons (Fsp3) is 0.109. The first-order chi connectivity index (χ1) is 28.2. The standard InChI is InChI=1S/C55H44N2/c1-2-3-4-6-19-46-37-50(45-30-26-38-15-9-11-17-42(38)34-45)49-33-32-44(36-51(49)54(46)47-31-27-39-16-10-12-18-43(39)35-47)40-24-28-41(29-25-40)55-56-52-22-13-14-23-53(52)57(55)48-20-7-5-8-21-48/h4-7,9-20,22-36H,2-3,8,21,37H2,1H3/b6-4-,46-19+. The molecule has 0 unspecified atom stereocenters. The van der Waals surface area contributed by atoms with Gasteiger partial charge in [-0.3, -0.25) is 4.57 Å². The molecule has 2 aliphatic rings. The normalized spacial score (nSPS) is 15.0. The van der Waals surface area contributed by atoms with E-state index in [0.717, 1.165) is 54.5 Å². The van der Waals surface area contributed by atoms with Gasteiger partial charge in [0.25, 0.3) is 0 Å². The number of fused-ring (bicyclic) bond motifs is 4. The lowest BCUT2D eigenvalue weighted by molar-refractivity contribution is 0.958. The van der Waals surface area contributed by atoms with Crippen molar-refractivity contribution in [3.8, 4) is 22.5 Å². The molecule has 8 aromatic rings. The highest BCUT2D eigenvalue weighted by Crippen LogP contribution is 2.36. The fourth-order valence-corrected chi connectivity index (χ4v) is 8.75. The predicted molar refractivity (Wildman–Crippen MR) is 242 cm³/mol. The smallest absolute Gasteiger partial charge is 0.145 e. The van der Waals surface area contributed by atoms with Crippen LogP contribution in [-0.4, -0.2) is 9.55 Å². The Morgan fingerprint density at radius 1 is 0.614 bits per heavy atom. The SMILES string of the molecule is CCC/C=C\C=C1/CC(c2ccc3ccccc3c2)=c2ccc(-c3ccc(-c4nc5ccccc5n4C4=CC=CCC4)cc3)cc2=C1c1ccc2ccccc2c1. The quantitative estimate of drug-likeness (QED) is 0.152. The van der Waals surface area contributed by atoms with E-state index < -0.39 is 0 Å². The Kier molecular flexibility index (Phi) is 9.16. The molecule has 0 bridgehead atoms. The zero-order valence-electron chi connectivity index (χ0n) is 32.3. The van der Waals surface area contributed by atoms with Crippen LogP contribution in [0.2, 0.25) is 0 Å². The van der Waals surface area contributed by atoms with E-state index in [-0.39, 0.29) is 0 Å². The van der Waals surface area contributed by atoms with Crippen LogP contribution in [0.3, 0.4) is 0 Å². The highest BCUT2D eigenvalue weighted by Gasteiger charge is 2.21. The number of imidazole rings is 1. The lowest BCUT2D eigenvalue weighted by Gasteiger charge is -2.22. The molecule has 2 aliphatic carbocycles. The number of hydrogen-bond acceptors (Lipinski definition) is 1. The van der Waals surface area contributed by atoms with Gasteiger partial charge in [-0.05, 0) is 133 Å². The Morgan fingerprint density at radius 2 is 1.28 bits per heavy atom. The van der Waals surface area contributed by atoms with Crippen molar-refractivity contribution in [1.82, 2.24) is 9.55 Å². The summed E-state index contributed by atoms with van der Waals surface area (Å²) >= 11 is 0. The molecule has 10 rings (SSSR count). The van der Waals surface area contributed by atoms with E-state index in [1.165, 1.54) is 76.7 Å². The molecule has 0 spiro atoms. The second kappa shape index (κ2) is 15.0. The van der Waals surface area contributed by atoms with E-state index >= 15 is 0 Å². The summed E-state index contributed by atoms with van der Waals surface area (Å²) in [6.45, 7) is 2.24. The third-order valence-corrected chi connectivity index (χ3v) is 11.6. The van der Waals surface area contributed by atoms with Crippen molar-refractivity contribution in [3.05, 3.63) is 215 Å². The summed E-state index contributed by atoms with van der Waals surface area (Å²) in [5.74, 6) is 0.988. The lowest BCUT2D eigenvalue weighted by Crippen LogP contribution is -2.34. The van der Waals surface area contributed by atoms with Crippen LogP contribution in [0, 0.1) is 0 Å². The van der Waals surface area contributed by atoms with Gasteiger partial charge in [0.2, 0.25) is 0 Å². The molecule has 2 heteroatoms. The molecule has 1 heterocycles. The van der Waals surface area contributed by atoms with Gasteiger partial charge in [0.15, 0.2) is 0 Å². The molecule has 0 fully saturated rings. The van der Waals surface area contributed by atoms with Gasteiger partial charge in [-0.15, -0.1) is 0 Å². The van der Waals surface area contributed by atoms with Crippen LogP contribution < -0.4 is 10.4 Å². The van der Waals surface area contributed by atoms with Crippen LogP contribution >= 0.6 is 0 Å². The van der Waals surface area contributed by atoms with Gasteiger partial charge in [0.1, 0.15) is 5.82 Å². The molecule has 0 aliphatic heterocycles. The summed E-state index contributed by atoms with van der Waals surface area (Å²) < 4.78 is 2.35. The van der Waals surface area contributed by atoms with Gasteiger partial charge < -0.3 is 0 Å². The molecule has 7 aromatic carbocycles. The van der Waals surface area contributed by atoms with Crippen molar-refractivity contribution >= 4 is 49.4 Å². The van der Waals surface area contributed by atoms with Crippen molar-refractivity contribution < 1.29 is 0 Å². The van der Waals surface area contributed by atoms with Crippen LogP contribution in [0.5, 0.6) is 0 Å². The van der Waals surface area contributed by atoms with E-state index in [4.69, 9.17) is 4.98 Å². The first kappa shape index (κ1) is 34.7.